The van der Waals surface area contributed by atoms with Gasteiger partial charge in [-0.05, 0) is 84.5 Å². The molecular weight excluding hydrogens is 394 g/mol. The number of H-pyrrole nitrogens is 2. The summed E-state index contributed by atoms with van der Waals surface area (Å²) in [6, 6.07) is 26.1. The van der Waals surface area contributed by atoms with E-state index >= 15 is 0 Å². The van der Waals surface area contributed by atoms with Crippen LogP contribution in [0.3, 0.4) is 0 Å². The van der Waals surface area contributed by atoms with E-state index in [1.54, 1.807) is 0 Å². The number of aromatic nitrogens is 4. The normalized spacial score (nSPS) is 12.4. The number of nitrogens with zero attached hydrogens (tertiary/aromatic N) is 3. The molecule has 0 aliphatic carbocycles. The summed E-state index contributed by atoms with van der Waals surface area (Å²) in [5, 5.41) is 9.13. The van der Waals surface area contributed by atoms with Gasteiger partial charge < -0.3 is 9.97 Å². The first-order valence-electron chi connectivity index (χ1n) is 10.3. The molecule has 0 saturated heterocycles. The topological polar surface area (TPSA) is 81.2 Å². The van der Waals surface area contributed by atoms with Crippen LogP contribution in [0.4, 0.5) is 0 Å². The maximum atomic E-state index is 9.13. The molecule has 5 heterocycles. The fourth-order valence-electron chi connectivity index (χ4n) is 3.97. The largest absolute Gasteiger partial charge is 0.355 e. The lowest BCUT2D eigenvalue weighted by Crippen LogP contribution is -1.86. The van der Waals surface area contributed by atoms with Gasteiger partial charge in [-0.1, -0.05) is 12.1 Å². The molecule has 0 fully saturated rings. The van der Waals surface area contributed by atoms with E-state index in [9.17, 15) is 0 Å². The third-order valence-electron chi connectivity index (χ3n) is 5.49. The maximum Gasteiger partial charge on any atom is 0.0991 e. The highest BCUT2D eigenvalue weighted by molar-refractivity contribution is 5.93. The molecule has 5 nitrogen and oxygen atoms in total. The number of nitrogens with one attached hydrogen (secondary N) is 2. The fraction of sp³-hybridized carbons (Fsp3) is 0. The Balaban J connectivity index is 1.61. The third-order valence-corrected chi connectivity index (χ3v) is 5.49. The lowest BCUT2D eigenvalue weighted by Gasteiger charge is -2.02. The van der Waals surface area contributed by atoms with Crippen LogP contribution >= 0.6 is 0 Å². The predicted molar refractivity (Wildman–Crippen MR) is 128 cm³/mol. The van der Waals surface area contributed by atoms with E-state index in [1.165, 1.54) is 0 Å². The zero-order valence-corrected chi connectivity index (χ0v) is 17.0. The van der Waals surface area contributed by atoms with Crippen LogP contribution in [0.25, 0.3) is 45.9 Å². The van der Waals surface area contributed by atoms with Gasteiger partial charge in [0.1, 0.15) is 0 Å². The summed E-state index contributed by atoms with van der Waals surface area (Å²) in [7, 11) is 0. The highest BCUT2D eigenvalue weighted by Crippen LogP contribution is 2.29. The second-order valence-corrected chi connectivity index (χ2v) is 7.78. The van der Waals surface area contributed by atoms with Crippen molar-refractivity contribution in [2.24, 2.45) is 0 Å². The number of hydrogen-bond donors (Lipinski definition) is 2. The summed E-state index contributed by atoms with van der Waals surface area (Å²) >= 11 is 0. The van der Waals surface area contributed by atoms with Crippen molar-refractivity contribution in [3.63, 3.8) is 0 Å². The maximum absolute atomic E-state index is 9.13. The Kier molecular flexibility index (Phi) is 4.09. The molecule has 0 saturated carbocycles. The summed E-state index contributed by atoms with van der Waals surface area (Å²) in [4.78, 5) is 16.4. The van der Waals surface area contributed by atoms with E-state index < -0.39 is 0 Å². The average molecular weight is 411 g/mol. The molecule has 0 atom stereocenters. The molecule has 0 unspecified atom stereocenters. The zero-order chi connectivity index (χ0) is 21.5. The first-order valence-corrected chi connectivity index (χ1v) is 10.3. The SMILES string of the molecule is N#Cc1ccc(C2=Cc3cc4ccc(cc5nc(cc6ccc(cc2n3)[nH]6)C=C5)[nH]4)cc1. The van der Waals surface area contributed by atoms with Crippen molar-refractivity contribution in [1.29, 1.82) is 5.26 Å². The Morgan fingerprint density at radius 3 is 1.78 bits per heavy atom. The van der Waals surface area contributed by atoms with E-state index in [1.807, 2.05) is 84.9 Å². The Labute approximate surface area is 184 Å². The van der Waals surface area contributed by atoms with Gasteiger partial charge >= 0.3 is 0 Å². The fourth-order valence-corrected chi connectivity index (χ4v) is 3.97. The number of fused-ring (bicyclic) bond motifs is 8. The molecule has 3 aromatic heterocycles. The quantitative estimate of drug-likeness (QED) is 0.351. The zero-order valence-electron chi connectivity index (χ0n) is 17.0. The third kappa shape index (κ3) is 3.40. The van der Waals surface area contributed by atoms with Crippen LogP contribution in [0.2, 0.25) is 0 Å². The van der Waals surface area contributed by atoms with Gasteiger partial charge in [-0.25, -0.2) is 9.97 Å². The predicted octanol–water partition coefficient (Wildman–Crippen LogP) is 5.95. The minimum absolute atomic E-state index is 0.639. The number of aromatic amines is 2. The van der Waals surface area contributed by atoms with E-state index in [4.69, 9.17) is 10.2 Å². The molecule has 32 heavy (non-hydrogen) atoms. The van der Waals surface area contributed by atoms with Gasteiger partial charge in [0.2, 0.25) is 0 Å². The molecule has 0 amide bonds. The van der Waals surface area contributed by atoms with E-state index in [2.05, 4.69) is 27.1 Å². The molecular formula is C27H17N5. The highest BCUT2D eigenvalue weighted by atomic mass is 14.8. The van der Waals surface area contributed by atoms with Crippen LogP contribution in [0.15, 0.2) is 72.8 Å². The van der Waals surface area contributed by atoms with Crippen LogP contribution < -0.4 is 0 Å². The average Bonchev–Trinajstić information content (AvgIpc) is 3.59. The van der Waals surface area contributed by atoms with Crippen molar-refractivity contribution in [3.8, 4) is 6.07 Å². The highest BCUT2D eigenvalue weighted by Gasteiger charge is 2.13. The summed E-state index contributed by atoms with van der Waals surface area (Å²) < 4.78 is 0. The Morgan fingerprint density at radius 1 is 0.625 bits per heavy atom. The molecule has 4 aromatic rings. The van der Waals surface area contributed by atoms with E-state index in [0.717, 1.165) is 56.0 Å². The van der Waals surface area contributed by atoms with E-state index in [-0.39, 0.29) is 0 Å². The van der Waals surface area contributed by atoms with Crippen molar-refractivity contribution >= 4 is 45.9 Å². The molecule has 2 N–H and O–H groups in total. The van der Waals surface area contributed by atoms with Crippen LogP contribution in [0.5, 0.6) is 0 Å². The van der Waals surface area contributed by atoms with Gasteiger partial charge in [0.05, 0.1) is 34.4 Å². The molecule has 6 rings (SSSR count). The number of hydrogen-bond acceptors (Lipinski definition) is 3. The monoisotopic (exact) mass is 411 g/mol. The first kappa shape index (κ1) is 18.1. The lowest BCUT2D eigenvalue weighted by atomic mass is 10.0. The summed E-state index contributed by atoms with van der Waals surface area (Å²) in [5.41, 5.74) is 10.1. The summed E-state index contributed by atoms with van der Waals surface area (Å²) in [5.74, 6) is 0. The van der Waals surface area contributed by atoms with E-state index in [0.29, 0.717) is 5.56 Å². The minimum Gasteiger partial charge on any atom is -0.355 e. The van der Waals surface area contributed by atoms with Crippen LogP contribution in [-0.4, -0.2) is 19.9 Å². The van der Waals surface area contributed by atoms with Crippen molar-refractivity contribution in [1.82, 2.24) is 19.9 Å². The van der Waals surface area contributed by atoms with Crippen LogP contribution in [0, 0.1) is 11.3 Å². The molecule has 1 aromatic carbocycles. The summed E-state index contributed by atoms with van der Waals surface area (Å²) in [6.07, 6.45) is 6.10. The van der Waals surface area contributed by atoms with Crippen molar-refractivity contribution in [3.05, 3.63) is 107 Å². The van der Waals surface area contributed by atoms with Gasteiger partial charge in [-0.15, -0.1) is 0 Å². The van der Waals surface area contributed by atoms with Crippen molar-refractivity contribution < 1.29 is 0 Å². The van der Waals surface area contributed by atoms with Crippen molar-refractivity contribution in [2.45, 2.75) is 0 Å². The molecule has 150 valence electrons. The lowest BCUT2D eigenvalue weighted by molar-refractivity contribution is 1.30. The Morgan fingerprint density at radius 2 is 1.19 bits per heavy atom. The molecule has 0 spiro atoms. The molecule has 0 radical (unpaired) electrons. The standard InChI is InChI=1S/C27H17N5/c28-16-17-1-3-18(4-2-17)26-14-25-13-23-8-7-21(30-23)11-19-5-6-20(29-19)12-22-9-10-24(31-22)15-27(26)32-25/h1-15,30-31H. The second kappa shape index (κ2) is 7.22. The van der Waals surface area contributed by atoms with Crippen LogP contribution in [-0.2, 0) is 0 Å². The van der Waals surface area contributed by atoms with Gasteiger partial charge in [-0.2, -0.15) is 5.26 Å². The Bertz CT molecular complexity index is 1620. The number of benzene rings is 1. The first-order chi connectivity index (χ1) is 15.7. The number of rotatable bonds is 1. The van der Waals surface area contributed by atoms with Gasteiger partial charge in [0, 0.05) is 27.6 Å². The second-order valence-electron chi connectivity index (χ2n) is 7.78. The van der Waals surface area contributed by atoms with Gasteiger partial charge in [0.15, 0.2) is 0 Å². The van der Waals surface area contributed by atoms with Crippen molar-refractivity contribution in [2.75, 3.05) is 0 Å². The van der Waals surface area contributed by atoms with Crippen LogP contribution in [0.1, 0.15) is 33.9 Å². The smallest absolute Gasteiger partial charge is 0.0991 e. The number of nitriles is 1. The molecule has 8 bridgehead atoms. The molecule has 2 aliphatic rings. The van der Waals surface area contributed by atoms with Gasteiger partial charge in [0.25, 0.3) is 0 Å². The molecule has 5 heteroatoms. The minimum atomic E-state index is 0.639. The van der Waals surface area contributed by atoms with Gasteiger partial charge in [-0.3, -0.25) is 0 Å². The Hall–Kier alpha value is -4.69. The summed E-state index contributed by atoms with van der Waals surface area (Å²) in [6.45, 7) is 0. The molecule has 2 aliphatic heterocycles.